The molecule has 1 aromatic heterocycles. The van der Waals surface area contributed by atoms with E-state index in [0.29, 0.717) is 0 Å². The highest BCUT2D eigenvalue weighted by atomic mass is 16.5. The second-order valence-electron chi connectivity index (χ2n) is 7.79. The van der Waals surface area contributed by atoms with Gasteiger partial charge in [-0.1, -0.05) is 20.8 Å². The predicted molar refractivity (Wildman–Crippen MR) is 92.3 cm³/mol. The molecule has 2 nitrogen and oxygen atoms in total. The fraction of sp³-hybridized carbons (Fsp3) is 0.450. The van der Waals surface area contributed by atoms with Crippen molar-refractivity contribution in [1.29, 1.82) is 0 Å². The van der Waals surface area contributed by atoms with Crippen molar-refractivity contribution < 1.29 is 9.30 Å². The summed E-state index contributed by atoms with van der Waals surface area (Å²) in [6, 6.07) is 12.8. The fourth-order valence-corrected chi connectivity index (χ4v) is 2.74. The lowest BCUT2D eigenvalue weighted by atomic mass is 9.82. The van der Waals surface area contributed by atoms with E-state index in [9.17, 15) is 0 Å². The number of ether oxygens (including phenoxy) is 1. The summed E-state index contributed by atoms with van der Waals surface area (Å²) in [6.07, 6.45) is 2.16. The third-order valence-electron chi connectivity index (χ3n) is 3.89. The molecule has 1 aromatic carbocycles. The van der Waals surface area contributed by atoms with Crippen LogP contribution in [0.2, 0.25) is 0 Å². The van der Waals surface area contributed by atoms with E-state index < -0.39 is 0 Å². The van der Waals surface area contributed by atoms with Crippen molar-refractivity contribution in [2.45, 2.75) is 52.5 Å². The number of aromatic nitrogens is 1. The van der Waals surface area contributed by atoms with Crippen molar-refractivity contribution in [3.05, 3.63) is 48.2 Å². The van der Waals surface area contributed by atoms with Gasteiger partial charge >= 0.3 is 0 Å². The maximum atomic E-state index is 5.43. The third kappa shape index (κ3) is 3.32. The maximum absolute atomic E-state index is 5.43. The zero-order valence-electron chi connectivity index (χ0n) is 14.9. The molecule has 0 amide bonds. The van der Waals surface area contributed by atoms with Gasteiger partial charge in [-0.3, -0.25) is 0 Å². The Morgan fingerprint density at radius 1 is 0.909 bits per heavy atom. The predicted octanol–water partition coefficient (Wildman–Crippen LogP) is 4.70. The first-order valence-electron chi connectivity index (χ1n) is 7.84. The van der Waals surface area contributed by atoms with Gasteiger partial charge in [-0.15, -0.1) is 0 Å². The van der Waals surface area contributed by atoms with Crippen molar-refractivity contribution in [2.75, 3.05) is 7.11 Å². The monoisotopic (exact) mass is 298 g/mol. The number of methoxy groups -OCH3 is 1. The van der Waals surface area contributed by atoms with E-state index in [1.54, 1.807) is 7.11 Å². The van der Waals surface area contributed by atoms with Gasteiger partial charge in [0.15, 0.2) is 11.7 Å². The van der Waals surface area contributed by atoms with E-state index in [1.807, 2.05) is 6.07 Å². The topological polar surface area (TPSA) is 13.1 Å². The Hall–Kier alpha value is -1.83. The van der Waals surface area contributed by atoms with Gasteiger partial charge in [0.2, 0.25) is 5.69 Å². The first-order chi connectivity index (χ1) is 10.1. The fourth-order valence-electron chi connectivity index (χ4n) is 2.74. The van der Waals surface area contributed by atoms with Gasteiger partial charge in [0.1, 0.15) is 5.75 Å². The molecule has 0 unspecified atom stereocenters. The van der Waals surface area contributed by atoms with Crippen LogP contribution < -0.4 is 9.30 Å². The lowest BCUT2D eigenvalue weighted by molar-refractivity contribution is -0.744. The summed E-state index contributed by atoms with van der Waals surface area (Å²) >= 11 is 0. The highest BCUT2D eigenvalue weighted by Crippen LogP contribution is 2.34. The summed E-state index contributed by atoms with van der Waals surface area (Å²) < 4.78 is 7.77. The number of rotatable bonds is 2. The van der Waals surface area contributed by atoms with E-state index in [-0.39, 0.29) is 11.0 Å². The van der Waals surface area contributed by atoms with Crippen molar-refractivity contribution in [1.82, 2.24) is 0 Å². The van der Waals surface area contributed by atoms with Gasteiger partial charge in [0.25, 0.3) is 0 Å². The smallest absolute Gasteiger partial charge is 0.213 e. The Morgan fingerprint density at radius 2 is 1.59 bits per heavy atom. The highest BCUT2D eigenvalue weighted by molar-refractivity contribution is 5.64. The zero-order chi connectivity index (χ0) is 16.5. The molecule has 0 spiro atoms. The van der Waals surface area contributed by atoms with Crippen LogP contribution in [0.3, 0.4) is 0 Å². The van der Waals surface area contributed by atoms with Crippen LogP contribution in [0.25, 0.3) is 11.3 Å². The third-order valence-corrected chi connectivity index (χ3v) is 3.89. The maximum Gasteiger partial charge on any atom is 0.213 e. The molecule has 0 saturated carbocycles. The Bertz CT molecular complexity index is 660. The molecule has 0 aliphatic carbocycles. The standard InChI is InChI=1S/C20H28NO/c1-19(2,3)17-14-15(22-7)11-12-16(17)18-10-8-9-13-21(18)20(4,5)6/h8-14H,1-7H3/q+1. The van der Waals surface area contributed by atoms with Gasteiger partial charge in [0, 0.05) is 32.9 Å². The summed E-state index contributed by atoms with van der Waals surface area (Å²) in [4.78, 5) is 0. The molecular formula is C20H28NO+. The molecule has 0 N–H and O–H groups in total. The largest absolute Gasteiger partial charge is 0.497 e. The molecule has 2 aromatic rings. The quantitative estimate of drug-likeness (QED) is 0.732. The van der Waals surface area contributed by atoms with Crippen LogP contribution in [-0.4, -0.2) is 7.11 Å². The molecule has 0 atom stereocenters. The van der Waals surface area contributed by atoms with Crippen molar-refractivity contribution in [2.24, 2.45) is 0 Å². The Labute approximate surface area is 134 Å². The molecule has 0 bridgehead atoms. The van der Waals surface area contributed by atoms with Crippen LogP contribution in [0.5, 0.6) is 5.75 Å². The average molecular weight is 298 g/mol. The minimum atomic E-state index is 0.0334. The van der Waals surface area contributed by atoms with Crippen molar-refractivity contribution >= 4 is 0 Å². The van der Waals surface area contributed by atoms with E-state index in [1.165, 1.54) is 16.8 Å². The van der Waals surface area contributed by atoms with E-state index in [4.69, 9.17) is 4.74 Å². The van der Waals surface area contributed by atoms with Crippen LogP contribution in [0.15, 0.2) is 42.6 Å². The normalized spacial score (nSPS) is 12.3. The highest BCUT2D eigenvalue weighted by Gasteiger charge is 2.29. The summed E-state index contributed by atoms with van der Waals surface area (Å²) in [5.74, 6) is 0.909. The number of benzene rings is 1. The second kappa shape index (κ2) is 5.75. The molecule has 2 rings (SSSR count). The lowest BCUT2D eigenvalue weighted by Gasteiger charge is -2.24. The lowest BCUT2D eigenvalue weighted by Crippen LogP contribution is -2.51. The Morgan fingerprint density at radius 3 is 2.14 bits per heavy atom. The molecule has 0 aliphatic heterocycles. The molecule has 2 heteroatoms. The van der Waals surface area contributed by atoms with Gasteiger partial charge in [0.05, 0.1) is 12.7 Å². The molecule has 0 radical (unpaired) electrons. The second-order valence-corrected chi connectivity index (χ2v) is 7.79. The van der Waals surface area contributed by atoms with Crippen molar-refractivity contribution in [3.8, 4) is 17.0 Å². The minimum absolute atomic E-state index is 0.0334. The number of hydrogen-bond acceptors (Lipinski definition) is 1. The van der Waals surface area contributed by atoms with E-state index >= 15 is 0 Å². The first kappa shape index (κ1) is 16.5. The molecule has 0 saturated heterocycles. The van der Waals surface area contributed by atoms with Crippen LogP contribution in [0.1, 0.15) is 47.1 Å². The number of nitrogens with zero attached hydrogens (tertiary/aromatic N) is 1. The van der Waals surface area contributed by atoms with Crippen LogP contribution >= 0.6 is 0 Å². The van der Waals surface area contributed by atoms with E-state index in [0.717, 1.165) is 5.75 Å². The van der Waals surface area contributed by atoms with Gasteiger partial charge in [-0.25, -0.2) is 0 Å². The number of pyridine rings is 1. The minimum Gasteiger partial charge on any atom is -0.497 e. The summed E-state index contributed by atoms with van der Waals surface area (Å²) in [7, 11) is 1.72. The molecule has 0 fully saturated rings. The SMILES string of the molecule is COc1ccc(-c2cccc[n+]2C(C)(C)C)c(C(C)(C)C)c1. The summed E-state index contributed by atoms with van der Waals surface area (Å²) in [6.45, 7) is 13.4. The molecule has 118 valence electrons. The van der Waals surface area contributed by atoms with Crippen LogP contribution in [0, 0.1) is 0 Å². The van der Waals surface area contributed by atoms with Crippen LogP contribution in [0.4, 0.5) is 0 Å². The summed E-state index contributed by atoms with van der Waals surface area (Å²) in [5, 5.41) is 0. The van der Waals surface area contributed by atoms with E-state index in [2.05, 4.69) is 82.6 Å². The van der Waals surface area contributed by atoms with Crippen molar-refractivity contribution in [3.63, 3.8) is 0 Å². The van der Waals surface area contributed by atoms with Crippen LogP contribution in [-0.2, 0) is 11.0 Å². The Kier molecular flexibility index (Phi) is 4.32. The Balaban J connectivity index is 2.74. The number of hydrogen-bond donors (Lipinski definition) is 0. The van der Waals surface area contributed by atoms with Gasteiger partial charge < -0.3 is 4.74 Å². The molecular weight excluding hydrogens is 270 g/mol. The molecule has 0 aliphatic rings. The first-order valence-corrected chi connectivity index (χ1v) is 7.84. The zero-order valence-corrected chi connectivity index (χ0v) is 14.9. The average Bonchev–Trinajstić information content (AvgIpc) is 2.45. The van der Waals surface area contributed by atoms with Gasteiger partial charge in [-0.2, -0.15) is 4.57 Å². The van der Waals surface area contributed by atoms with Gasteiger partial charge in [-0.05, 0) is 35.2 Å². The molecule has 1 heterocycles. The molecule has 22 heavy (non-hydrogen) atoms. The summed E-state index contributed by atoms with van der Waals surface area (Å²) in [5.41, 5.74) is 3.89.